The second kappa shape index (κ2) is 7.68. The Morgan fingerprint density at radius 2 is 1.88 bits per heavy atom. The third kappa shape index (κ3) is 4.01. The van der Waals surface area contributed by atoms with Crippen molar-refractivity contribution in [2.75, 3.05) is 7.05 Å². The van der Waals surface area contributed by atoms with Gasteiger partial charge in [-0.3, -0.25) is 9.59 Å². The van der Waals surface area contributed by atoms with Crippen LogP contribution >= 0.6 is 0 Å². The van der Waals surface area contributed by atoms with Crippen LogP contribution in [0, 0.1) is 0 Å². The van der Waals surface area contributed by atoms with E-state index in [-0.39, 0.29) is 30.6 Å². The van der Waals surface area contributed by atoms with E-state index < -0.39 is 0 Å². The number of ketones is 1. The molecule has 0 fully saturated rings. The Kier molecular flexibility index (Phi) is 5.37. The fourth-order valence-corrected chi connectivity index (χ4v) is 3.38. The Morgan fingerprint density at radius 1 is 1.12 bits per heavy atom. The van der Waals surface area contributed by atoms with Crippen LogP contribution in [0.15, 0.2) is 41.0 Å². The van der Waals surface area contributed by atoms with E-state index in [0.717, 1.165) is 24.2 Å². The maximum Gasteiger partial charge on any atom is 0.223 e. The molecule has 4 heteroatoms. The van der Waals surface area contributed by atoms with E-state index in [1.165, 1.54) is 24.0 Å². The number of carbonyl (C=O) groups is 2. The summed E-state index contributed by atoms with van der Waals surface area (Å²) in [6, 6.07) is 9.54. The van der Waals surface area contributed by atoms with Crippen LogP contribution in [-0.4, -0.2) is 23.6 Å². The third-order valence-electron chi connectivity index (χ3n) is 5.17. The molecule has 1 aromatic heterocycles. The number of furan rings is 1. The molecule has 0 bridgehead atoms. The Balaban J connectivity index is 1.57. The van der Waals surface area contributed by atoms with Crippen molar-refractivity contribution >= 4 is 11.7 Å². The van der Waals surface area contributed by atoms with Crippen LogP contribution in [0.25, 0.3) is 0 Å². The van der Waals surface area contributed by atoms with Crippen LogP contribution in [0.1, 0.15) is 65.9 Å². The summed E-state index contributed by atoms with van der Waals surface area (Å²) in [7, 11) is 1.75. The zero-order valence-corrected chi connectivity index (χ0v) is 15.0. The Labute approximate surface area is 148 Å². The average molecular weight is 339 g/mol. The van der Waals surface area contributed by atoms with Gasteiger partial charge in [-0.05, 0) is 61.9 Å². The number of amides is 1. The van der Waals surface area contributed by atoms with E-state index in [4.69, 9.17) is 4.42 Å². The second-order valence-corrected chi connectivity index (χ2v) is 6.81. The highest BCUT2D eigenvalue weighted by Crippen LogP contribution is 2.23. The van der Waals surface area contributed by atoms with Crippen molar-refractivity contribution in [1.29, 1.82) is 0 Å². The van der Waals surface area contributed by atoms with E-state index >= 15 is 0 Å². The van der Waals surface area contributed by atoms with Crippen LogP contribution in [0.4, 0.5) is 0 Å². The molecule has 2 aromatic rings. The van der Waals surface area contributed by atoms with Gasteiger partial charge in [-0.15, -0.1) is 0 Å². The fraction of sp³-hybridized carbons (Fsp3) is 0.429. The van der Waals surface area contributed by atoms with E-state index in [2.05, 4.69) is 6.07 Å². The first-order valence-electron chi connectivity index (χ1n) is 9.00. The van der Waals surface area contributed by atoms with Crippen molar-refractivity contribution in [3.8, 4) is 0 Å². The number of benzene rings is 1. The summed E-state index contributed by atoms with van der Waals surface area (Å²) in [5.74, 6) is 0.743. The van der Waals surface area contributed by atoms with Crippen molar-refractivity contribution in [2.45, 2.75) is 51.5 Å². The number of rotatable bonds is 6. The van der Waals surface area contributed by atoms with Gasteiger partial charge in [-0.25, -0.2) is 0 Å². The van der Waals surface area contributed by atoms with Crippen LogP contribution in [0.2, 0.25) is 0 Å². The predicted molar refractivity (Wildman–Crippen MR) is 96.5 cm³/mol. The predicted octanol–water partition coefficient (Wildman–Crippen LogP) is 4.34. The molecule has 3 rings (SSSR count). The second-order valence-electron chi connectivity index (χ2n) is 6.81. The summed E-state index contributed by atoms with van der Waals surface area (Å²) in [5.41, 5.74) is 3.40. The number of aryl methyl sites for hydroxylation is 2. The molecule has 0 spiro atoms. The highest BCUT2D eigenvalue weighted by molar-refractivity contribution is 5.98. The average Bonchev–Trinajstić information content (AvgIpc) is 3.18. The van der Waals surface area contributed by atoms with Crippen LogP contribution in [0.3, 0.4) is 0 Å². The molecule has 0 saturated carbocycles. The molecule has 25 heavy (non-hydrogen) atoms. The molecule has 0 saturated heterocycles. The first kappa shape index (κ1) is 17.5. The topological polar surface area (TPSA) is 50.5 Å². The number of hydrogen-bond acceptors (Lipinski definition) is 3. The van der Waals surface area contributed by atoms with Crippen molar-refractivity contribution < 1.29 is 14.0 Å². The molecule has 1 aromatic carbocycles. The first-order valence-corrected chi connectivity index (χ1v) is 9.00. The van der Waals surface area contributed by atoms with Gasteiger partial charge < -0.3 is 9.32 Å². The van der Waals surface area contributed by atoms with Gasteiger partial charge in [0.1, 0.15) is 5.76 Å². The first-order chi connectivity index (χ1) is 12.1. The molecule has 4 nitrogen and oxygen atoms in total. The summed E-state index contributed by atoms with van der Waals surface area (Å²) in [6.45, 7) is 1.92. The van der Waals surface area contributed by atoms with Gasteiger partial charge in [0.15, 0.2) is 5.78 Å². The zero-order chi connectivity index (χ0) is 17.8. The van der Waals surface area contributed by atoms with E-state index in [0.29, 0.717) is 0 Å². The van der Waals surface area contributed by atoms with Gasteiger partial charge in [0, 0.05) is 25.5 Å². The molecule has 1 aliphatic rings. The molecule has 0 aliphatic heterocycles. The van der Waals surface area contributed by atoms with Crippen molar-refractivity contribution in [2.24, 2.45) is 0 Å². The lowest BCUT2D eigenvalue weighted by atomic mass is 9.89. The Morgan fingerprint density at radius 3 is 2.60 bits per heavy atom. The van der Waals surface area contributed by atoms with E-state index in [1.807, 2.05) is 31.2 Å². The lowest BCUT2D eigenvalue weighted by Crippen LogP contribution is -2.29. The minimum Gasteiger partial charge on any atom is -0.467 e. The van der Waals surface area contributed by atoms with Crippen molar-refractivity contribution in [3.05, 3.63) is 59.0 Å². The minimum atomic E-state index is -0.138. The molecule has 1 atom stereocenters. The number of nitrogens with zero attached hydrogens (tertiary/aromatic N) is 1. The molecule has 0 radical (unpaired) electrons. The lowest BCUT2D eigenvalue weighted by Gasteiger charge is -2.23. The lowest BCUT2D eigenvalue weighted by molar-refractivity contribution is -0.132. The molecular formula is C21H25NO3. The zero-order valence-electron chi connectivity index (χ0n) is 15.0. The van der Waals surface area contributed by atoms with Gasteiger partial charge in [-0.1, -0.05) is 12.1 Å². The van der Waals surface area contributed by atoms with Crippen molar-refractivity contribution in [3.63, 3.8) is 0 Å². The highest BCUT2D eigenvalue weighted by atomic mass is 16.3. The standard InChI is InChI=1S/C21H25NO3/c1-15(20-8-5-13-25-20)22(2)21(24)12-11-19(23)18-10-9-16-6-3-4-7-17(16)14-18/h5,8-10,13-15H,3-4,6-7,11-12H2,1-2H3. The fourth-order valence-electron chi connectivity index (χ4n) is 3.38. The van der Waals surface area contributed by atoms with E-state index in [1.54, 1.807) is 18.2 Å². The number of carbonyl (C=O) groups excluding carboxylic acids is 2. The summed E-state index contributed by atoms with van der Waals surface area (Å²) in [5, 5.41) is 0. The maximum atomic E-state index is 12.5. The van der Waals surface area contributed by atoms with Gasteiger partial charge in [0.25, 0.3) is 0 Å². The van der Waals surface area contributed by atoms with Gasteiger partial charge >= 0.3 is 0 Å². The Hall–Kier alpha value is -2.36. The van der Waals surface area contributed by atoms with Gasteiger partial charge in [0.05, 0.1) is 12.3 Å². The molecule has 0 N–H and O–H groups in total. The highest BCUT2D eigenvalue weighted by Gasteiger charge is 2.20. The monoisotopic (exact) mass is 339 g/mol. The van der Waals surface area contributed by atoms with Crippen molar-refractivity contribution in [1.82, 2.24) is 4.90 Å². The normalized spacial score (nSPS) is 14.6. The third-order valence-corrected chi connectivity index (χ3v) is 5.17. The number of hydrogen-bond donors (Lipinski definition) is 0. The maximum absolute atomic E-state index is 12.5. The van der Waals surface area contributed by atoms with E-state index in [9.17, 15) is 9.59 Å². The molecule has 1 unspecified atom stereocenters. The molecular weight excluding hydrogens is 314 g/mol. The summed E-state index contributed by atoms with van der Waals surface area (Å²) < 4.78 is 5.35. The van der Waals surface area contributed by atoms with Crippen LogP contribution in [-0.2, 0) is 17.6 Å². The number of fused-ring (bicyclic) bond motifs is 1. The summed E-state index contributed by atoms with van der Waals surface area (Å²) >= 11 is 0. The van der Waals surface area contributed by atoms with Gasteiger partial charge in [0.2, 0.25) is 5.91 Å². The van der Waals surface area contributed by atoms with Crippen LogP contribution in [0.5, 0.6) is 0 Å². The van der Waals surface area contributed by atoms with Crippen LogP contribution < -0.4 is 0 Å². The van der Waals surface area contributed by atoms with Gasteiger partial charge in [-0.2, -0.15) is 0 Å². The molecule has 132 valence electrons. The smallest absolute Gasteiger partial charge is 0.223 e. The largest absolute Gasteiger partial charge is 0.467 e. The number of Topliss-reactive ketones (excluding diaryl/α,β-unsaturated/α-hetero) is 1. The summed E-state index contributed by atoms with van der Waals surface area (Å²) in [4.78, 5) is 26.5. The molecule has 1 heterocycles. The SMILES string of the molecule is CC(c1ccco1)N(C)C(=O)CCC(=O)c1ccc2c(c1)CCCC2. The molecule has 1 amide bonds. The molecule has 1 aliphatic carbocycles. The quantitative estimate of drug-likeness (QED) is 0.736. The minimum absolute atomic E-state index is 0.0424. The Bertz CT molecular complexity index is 749. The summed E-state index contributed by atoms with van der Waals surface area (Å²) in [6.07, 6.45) is 6.65.